The first-order valence-electron chi connectivity index (χ1n) is 28.6. The third kappa shape index (κ3) is 13.0. The van der Waals surface area contributed by atoms with Crippen molar-refractivity contribution < 1.29 is 28.8 Å². The number of thiazole rings is 2. The summed E-state index contributed by atoms with van der Waals surface area (Å²) < 4.78 is 0. The number of nitrogens with zero attached hydrogens (tertiary/aromatic N) is 4. The Bertz CT molecular complexity index is 2700. The molecule has 4 fully saturated rings. The van der Waals surface area contributed by atoms with Crippen molar-refractivity contribution >= 4 is 58.0 Å². The Labute approximate surface area is 468 Å². The van der Waals surface area contributed by atoms with E-state index in [2.05, 4.69) is 21.3 Å². The maximum absolute atomic E-state index is 15.1. The Hall–Kier alpha value is -6.10. The number of likely N-dealkylation sites (tertiary alicyclic amines) is 2. The van der Waals surface area contributed by atoms with Gasteiger partial charge in [0.15, 0.2) is 0 Å². The van der Waals surface area contributed by atoms with Crippen molar-refractivity contribution in [2.45, 2.75) is 161 Å². The minimum absolute atomic E-state index is 0.0157. The number of likely N-dealkylation sites (N-methyl/N-ethyl adjacent to an activating group) is 1. The van der Waals surface area contributed by atoms with Crippen LogP contribution in [-0.4, -0.2) is 99.4 Å². The van der Waals surface area contributed by atoms with Crippen molar-refractivity contribution in [2.75, 3.05) is 20.1 Å². The van der Waals surface area contributed by atoms with Gasteiger partial charge in [-0.2, -0.15) is 0 Å². The van der Waals surface area contributed by atoms with Crippen LogP contribution in [0.15, 0.2) is 84.9 Å². The highest BCUT2D eigenvalue weighted by molar-refractivity contribution is 7.12. The first-order chi connectivity index (χ1) is 37.7. The Morgan fingerprint density at radius 1 is 0.615 bits per heavy atom. The maximum atomic E-state index is 15.1. The lowest BCUT2D eigenvalue weighted by Gasteiger charge is -2.35. The van der Waals surface area contributed by atoms with Crippen LogP contribution in [0.4, 0.5) is 0 Å². The molecule has 9 rings (SSSR count). The molecule has 3 aromatic carbocycles. The molecule has 2 saturated carbocycles. The maximum Gasteiger partial charge on any atom is 0.251 e. The van der Waals surface area contributed by atoms with Gasteiger partial charge < -0.3 is 31.1 Å². The topological polar surface area (TPSA) is 183 Å². The normalized spacial score (nSPS) is 21.6. The number of rotatable bonds is 19. The number of hydrogen-bond donors (Lipinski definition) is 4. The van der Waals surface area contributed by atoms with Crippen molar-refractivity contribution in [3.63, 3.8) is 0 Å². The van der Waals surface area contributed by atoms with Gasteiger partial charge in [-0.1, -0.05) is 113 Å². The molecular formula is C62H78N8O6S2. The van der Waals surface area contributed by atoms with E-state index in [1.54, 1.807) is 54.0 Å². The average molecular weight is 1100 g/mol. The number of hydrogen-bond acceptors (Lipinski definition) is 11. The van der Waals surface area contributed by atoms with Gasteiger partial charge in [0, 0.05) is 75.4 Å². The number of ketones is 1. The molecule has 0 bridgehead atoms. The van der Waals surface area contributed by atoms with Crippen molar-refractivity contribution in [3.05, 3.63) is 116 Å². The Morgan fingerprint density at radius 2 is 1.06 bits per heavy atom. The Kier molecular flexibility index (Phi) is 18.7. The van der Waals surface area contributed by atoms with E-state index >= 15 is 9.59 Å². The number of benzene rings is 3. The number of carbonyl (C=O) groups is 6. The van der Waals surface area contributed by atoms with Crippen LogP contribution >= 0.6 is 22.7 Å². The largest absolute Gasteiger partial charge is 0.347 e. The summed E-state index contributed by atoms with van der Waals surface area (Å²) in [7, 11) is 1.77. The standard InChI is InChI=1S/C62H78N8O6S2/c1-7-37(2)56(72)66-55(44-26-18-11-19-27-44)62(76)70-36-48(33-51(70)60-68-54(40(5)78-60)43-24-16-10-17-25-43)65-58(74)46-30-28-45(29-31-46)57(73)64-47-32-50(59-67-53(39(4)77-59)42-22-14-9-15-23-42)69(35-47)61(75)49(34-52(71)38(3)63-6)41-20-12-8-13-21-41/h9-10,14-17,22-25,28-31,37-38,41,44,47-51,55,63H,7-8,11-13,18-21,26-27,32-36H2,1-6H3,(H,64,73)(H,65,74)(H,66,72)/t37-,38+,47+,48+,49+,50+,51+,55+/m1/s1. The fraction of sp³-hybridized carbons (Fsp3) is 0.516. The van der Waals surface area contributed by atoms with Gasteiger partial charge in [-0.05, 0) is 109 Å². The molecule has 0 radical (unpaired) electrons. The predicted molar refractivity (Wildman–Crippen MR) is 308 cm³/mol. The SMILES string of the molecule is CC[C@@H](C)C(=O)N[C@H](C(=O)N1C[C@@H](NC(=O)c2ccc(C(=O)N[C@H]3C[C@@H](c4nc(-c5ccccc5)c(C)s4)N(C(=O)[C@@H](CC(=O)[C@H](C)NC)C4CCCCC4)C3)cc2)C[C@H]1c1nc(-c2ccccc2)c(C)s1)C1CCCCC1. The van der Waals surface area contributed by atoms with E-state index in [0.717, 1.165) is 106 Å². The zero-order valence-corrected chi connectivity index (χ0v) is 47.9. The van der Waals surface area contributed by atoms with Crippen LogP contribution < -0.4 is 21.3 Å². The molecule has 78 heavy (non-hydrogen) atoms. The van der Waals surface area contributed by atoms with Gasteiger partial charge in [0.05, 0.1) is 29.5 Å². The average Bonchev–Trinajstić information content (AvgIpc) is 4.29. The van der Waals surface area contributed by atoms with E-state index in [9.17, 15) is 19.2 Å². The van der Waals surface area contributed by atoms with Crippen LogP contribution in [-0.2, 0) is 19.2 Å². The summed E-state index contributed by atoms with van der Waals surface area (Å²) in [6, 6.07) is 23.9. The zero-order valence-electron chi connectivity index (χ0n) is 46.2. The summed E-state index contributed by atoms with van der Waals surface area (Å²) >= 11 is 3.13. The summed E-state index contributed by atoms with van der Waals surface area (Å²) in [6.45, 7) is 10.3. The smallest absolute Gasteiger partial charge is 0.251 e. The van der Waals surface area contributed by atoms with Gasteiger partial charge in [-0.15, -0.1) is 22.7 Å². The molecule has 5 amide bonds. The van der Waals surface area contributed by atoms with Crippen LogP contribution in [0.25, 0.3) is 22.5 Å². The quantitative estimate of drug-likeness (QED) is 0.0625. The highest BCUT2D eigenvalue weighted by Crippen LogP contribution is 2.43. The first-order valence-corrected chi connectivity index (χ1v) is 30.2. The summed E-state index contributed by atoms with van der Waals surface area (Å²) in [6.07, 6.45) is 11.6. The lowest BCUT2D eigenvalue weighted by Crippen LogP contribution is -2.54. The number of nitrogens with one attached hydrogen (secondary N) is 4. The molecule has 4 heterocycles. The Balaban J connectivity index is 0.920. The van der Waals surface area contributed by atoms with E-state index < -0.39 is 36.1 Å². The van der Waals surface area contributed by atoms with Crippen LogP contribution in [0, 0.1) is 37.5 Å². The second-order valence-electron chi connectivity index (χ2n) is 22.4. The van der Waals surface area contributed by atoms with Gasteiger partial charge in [-0.25, -0.2) is 9.97 Å². The molecule has 14 nitrogen and oxygen atoms in total. The van der Waals surface area contributed by atoms with E-state index in [-0.39, 0.29) is 78.6 Å². The number of aryl methyl sites for hydroxylation is 2. The molecule has 2 aromatic heterocycles. The molecule has 0 unspecified atom stereocenters. The van der Waals surface area contributed by atoms with Gasteiger partial charge >= 0.3 is 0 Å². The van der Waals surface area contributed by atoms with E-state index in [4.69, 9.17) is 9.97 Å². The molecule has 4 aliphatic rings. The molecule has 2 aliphatic carbocycles. The highest BCUT2D eigenvalue weighted by Gasteiger charge is 2.46. The van der Waals surface area contributed by atoms with E-state index in [1.165, 1.54) is 0 Å². The van der Waals surface area contributed by atoms with Crippen LogP contribution in [0.3, 0.4) is 0 Å². The van der Waals surface area contributed by atoms with Crippen molar-refractivity contribution in [1.82, 2.24) is 41.0 Å². The van der Waals surface area contributed by atoms with Gasteiger partial charge in [0.25, 0.3) is 11.8 Å². The van der Waals surface area contributed by atoms with E-state index in [1.807, 2.05) is 105 Å². The molecular weight excluding hydrogens is 1020 g/mol. The third-order valence-electron chi connectivity index (χ3n) is 17.2. The van der Waals surface area contributed by atoms with Gasteiger partial charge in [0.1, 0.15) is 21.8 Å². The first kappa shape index (κ1) is 56.6. The minimum Gasteiger partial charge on any atom is -0.347 e. The second kappa shape index (κ2) is 25.8. The molecule has 5 aromatic rings. The summed E-state index contributed by atoms with van der Waals surface area (Å²) in [5.74, 6) is -1.53. The summed E-state index contributed by atoms with van der Waals surface area (Å²) in [5, 5.41) is 14.3. The molecule has 2 aliphatic heterocycles. The number of carbonyl (C=O) groups excluding carboxylic acids is 6. The van der Waals surface area contributed by atoms with Crippen LogP contribution in [0.5, 0.6) is 0 Å². The lowest BCUT2D eigenvalue weighted by molar-refractivity contribution is -0.141. The summed E-state index contributed by atoms with van der Waals surface area (Å²) in [4.78, 5) is 102. The van der Waals surface area contributed by atoms with Crippen molar-refractivity contribution in [1.29, 1.82) is 0 Å². The summed E-state index contributed by atoms with van der Waals surface area (Å²) in [5.41, 5.74) is 4.47. The van der Waals surface area contributed by atoms with E-state index in [0.29, 0.717) is 30.4 Å². The fourth-order valence-corrected chi connectivity index (χ4v) is 14.4. The van der Waals surface area contributed by atoms with Crippen LogP contribution in [0.2, 0.25) is 0 Å². The molecule has 414 valence electrons. The third-order valence-corrected chi connectivity index (χ3v) is 19.3. The number of Topliss-reactive ketones (excluding diaryl/α,β-unsaturated/α-hetero) is 1. The predicted octanol–water partition coefficient (Wildman–Crippen LogP) is 10.6. The molecule has 8 atom stereocenters. The second-order valence-corrected chi connectivity index (χ2v) is 24.9. The fourth-order valence-electron chi connectivity index (χ4n) is 12.3. The van der Waals surface area contributed by atoms with Crippen LogP contribution in [0.1, 0.15) is 163 Å². The number of aromatic nitrogens is 2. The minimum atomic E-state index is -0.679. The lowest BCUT2D eigenvalue weighted by atomic mass is 9.76. The zero-order chi connectivity index (χ0) is 55.0. The molecule has 4 N–H and O–H groups in total. The highest BCUT2D eigenvalue weighted by atomic mass is 32.1. The number of amides is 5. The van der Waals surface area contributed by atoms with Crippen molar-refractivity contribution in [2.24, 2.45) is 23.7 Å². The van der Waals surface area contributed by atoms with Gasteiger partial charge in [-0.3, -0.25) is 28.8 Å². The molecule has 16 heteroatoms. The van der Waals surface area contributed by atoms with Crippen molar-refractivity contribution in [3.8, 4) is 22.5 Å². The monoisotopic (exact) mass is 1090 g/mol. The molecule has 2 saturated heterocycles. The van der Waals surface area contributed by atoms with Gasteiger partial charge in [0.2, 0.25) is 17.7 Å². The Morgan fingerprint density at radius 3 is 1.51 bits per heavy atom. The molecule has 0 spiro atoms.